The standard InChI is InChI=1S/C28H34N4O4S/c1-4-29-28(34)26(20-23-14-8-5-9-15-23)31(21-24-16-10-6-11-17-24)27(33)22-32(37(35,36)30(2)3)25-18-12-7-13-19-25/h5-19,26H,4,20-22H2,1-3H3,(H,29,34). The molecule has 1 N–H and O–H groups in total. The van der Waals surface area contributed by atoms with Crippen LogP contribution in [0.25, 0.3) is 0 Å². The highest BCUT2D eigenvalue weighted by molar-refractivity contribution is 7.90. The smallest absolute Gasteiger partial charge is 0.304 e. The van der Waals surface area contributed by atoms with Gasteiger partial charge in [-0.2, -0.15) is 12.7 Å². The zero-order valence-electron chi connectivity index (χ0n) is 21.4. The number of likely N-dealkylation sites (N-methyl/N-ethyl adjacent to an activating group) is 1. The van der Waals surface area contributed by atoms with Crippen LogP contribution in [0.15, 0.2) is 91.0 Å². The van der Waals surface area contributed by atoms with Crippen molar-refractivity contribution in [3.05, 3.63) is 102 Å². The minimum atomic E-state index is -3.99. The van der Waals surface area contributed by atoms with Crippen LogP contribution in [0.5, 0.6) is 0 Å². The number of rotatable bonds is 12. The van der Waals surface area contributed by atoms with Crippen LogP contribution < -0.4 is 9.62 Å². The number of carbonyl (C=O) groups excluding carboxylic acids is 2. The number of anilines is 1. The van der Waals surface area contributed by atoms with Crippen LogP contribution in [-0.4, -0.2) is 62.7 Å². The summed E-state index contributed by atoms with van der Waals surface area (Å²) in [6, 6.07) is 26.5. The van der Waals surface area contributed by atoms with E-state index >= 15 is 0 Å². The highest BCUT2D eigenvalue weighted by Gasteiger charge is 2.34. The molecule has 2 amide bonds. The van der Waals surface area contributed by atoms with Crippen molar-refractivity contribution in [1.29, 1.82) is 0 Å². The van der Waals surface area contributed by atoms with Gasteiger partial charge in [0.2, 0.25) is 11.8 Å². The zero-order chi connectivity index (χ0) is 26.8. The lowest BCUT2D eigenvalue weighted by Crippen LogP contribution is -2.54. The topological polar surface area (TPSA) is 90.0 Å². The summed E-state index contributed by atoms with van der Waals surface area (Å²) in [7, 11) is -1.15. The first-order valence-electron chi connectivity index (χ1n) is 12.1. The first-order valence-corrected chi connectivity index (χ1v) is 13.5. The van der Waals surface area contributed by atoms with Crippen LogP contribution in [0.2, 0.25) is 0 Å². The fraction of sp³-hybridized carbons (Fsp3) is 0.286. The Balaban J connectivity index is 2.04. The van der Waals surface area contributed by atoms with Crippen molar-refractivity contribution in [2.24, 2.45) is 0 Å². The summed E-state index contributed by atoms with van der Waals surface area (Å²) in [4.78, 5) is 28.7. The van der Waals surface area contributed by atoms with Crippen molar-refractivity contribution in [1.82, 2.24) is 14.5 Å². The van der Waals surface area contributed by atoms with Gasteiger partial charge in [-0.15, -0.1) is 0 Å². The molecule has 0 bridgehead atoms. The third-order valence-electron chi connectivity index (χ3n) is 5.88. The van der Waals surface area contributed by atoms with Crippen molar-refractivity contribution in [3.63, 3.8) is 0 Å². The molecule has 1 atom stereocenters. The number of para-hydroxylation sites is 1. The summed E-state index contributed by atoms with van der Waals surface area (Å²) in [6.07, 6.45) is 0.289. The second kappa shape index (κ2) is 13.0. The fourth-order valence-electron chi connectivity index (χ4n) is 3.94. The number of hydrogen-bond acceptors (Lipinski definition) is 4. The molecule has 0 saturated heterocycles. The van der Waals surface area contributed by atoms with Gasteiger partial charge in [0.1, 0.15) is 12.6 Å². The van der Waals surface area contributed by atoms with Crippen LogP contribution in [0.1, 0.15) is 18.1 Å². The predicted octanol–water partition coefficient (Wildman–Crippen LogP) is 3.08. The Morgan fingerprint density at radius 3 is 1.84 bits per heavy atom. The van der Waals surface area contributed by atoms with Crippen molar-refractivity contribution in [3.8, 4) is 0 Å². The van der Waals surface area contributed by atoms with Crippen LogP contribution in [-0.2, 0) is 32.8 Å². The van der Waals surface area contributed by atoms with E-state index in [2.05, 4.69) is 5.32 Å². The lowest BCUT2D eigenvalue weighted by atomic mass is 10.0. The number of nitrogens with zero attached hydrogens (tertiary/aromatic N) is 3. The van der Waals surface area contributed by atoms with E-state index in [0.29, 0.717) is 12.2 Å². The SMILES string of the molecule is CCNC(=O)C(Cc1ccccc1)N(Cc1ccccc1)C(=O)CN(c1ccccc1)S(=O)(=O)N(C)C. The molecule has 0 fully saturated rings. The Labute approximate surface area is 219 Å². The van der Waals surface area contributed by atoms with Crippen molar-refractivity contribution in [2.45, 2.75) is 25.9 Å². The molecule has 0 aromatic heterocycles. The molecule has 0 heterocycles. The van der Waals surface area contributed by atoms with Gasteiger partial charge >= 0.3 is 10.2 Å². The van der Waals surface area contributed by atoms with E-state index in [4.69, 9.17) is 0 Å². The van der Waals surface area contributed by atoms with E-state index in [-0.39, 0.29) is 18.9 Å². The molecular formula is C28H34N4O4S. The van der Waals surface area contributed by atoms with Crippen LogP contribution >= 0.6 is 0 Å². The highest BCUT2D eigenvalue weighted by Crippen LogP contribution is 2.21. The van der Waals surface area contributed by atoms with E-state index in [1.165, 1.54) is 19.0 Å². The molecule has 0 radical (unpaired) electrons. The van der Waals surface area contributed by atoms with Gasteiger partial charge in [0, 0.05) is 33.6 Å². The van der Waals surface area contributed by atoms with E-state index < -0.39 is 28.7 Å². The van der Waals surface area contributed by atoms with Crippen molar-refractivity contribution >= 4 is 27.7 Å². The molecule has 9 heteroatoms. The Hall–Kier alpha value is -3.69. The summed E-state index contributed by atoms with van der Waals surface area (Å²) in [5.74, 6) is -0.775. The minimum absolute atomic E-state index is 0.152. The summed E-state index contributed by atoms with van der Waals surface area (Å²) in [5.41, 5.74) is 2.09. The van der Waals surface area contributed by atoms with Gasteiger partial charge in [-0.1, -0.05) is 78.9 Å². The molecule has 37 heavy (non-hydrogen) atoms. The number of hydrogen-bond donors (Lipinski definition) is 1. The molecule has 1 unspecified atom stereocenters. The molecule has 3 aromatic carbocycles. The maximum Gasteiger partial charge on any atom is 0.304 e. The second-order valence-electron chi connectivity index (χ2n) is 8.74. The zero-order valence-corrected chi connectivity index (χ0v) is 22.3. The fourth-order valence-corrected chi connectivity index (χ4v) is 4.99. The number of carbonyl (C=O) groups is 2. The predicted molar refractivity (Wildman–Crippen MR) is 146 cm³/mol. The number of benzene rings is 3. The second-order valence-corrected chi connectivity index (χ2v) is 10.8. The van der Waals surface area contributed by atoms with E-state index in [9.17, 15) is 18.0 Å². The van der Waals surface area contributed by atoms with Gasteiger partial charge in [-0.3, -0.25) is 9.59 Å². The first-order chi connectivity index (χ1) is 17.7. The Kier molecular flexibility index (Phi) is 9.82. The Bertz CT molecular complexity index is 1250. The first kappa shape index (κ1) is 27.9. The monoisotopic (exact) mass is 522 g/mol. The van der Waals surface area contributed by atoms with Gasteiger partial charge in [0.25, 0.3) is 0 Å². The average molecular weight is 523 g/mol. The summed E-state index contributed by atoms with van der Waals surface area (Å²) >= 11 is 0. The van der Waals surface area contributed by atoms with Gasteiger partial charge in [-0.05, 0) is 30.2 Å². The molecule has 8 nitrogen and oxygen atoms in total. The van der Waals surface area contributed by atoms with E-state index in [1.54, 1.807) is 30.3 Å². The van der Waals surface area contributed by atoms with E-state index in [1.807, 2.05) is 67.6 Å². The van der Waals surface area contributed by atoms with Gasteiger partial charge in [-0.25, -0.2) is 4.31 Å². The summed E-state index contributed by atoms with van der Waals surface area (Å²) < 4.78 is 28.6. The molecule has 0 aliphatic rings. The van der Waals surface area contributed by atoms with E-state index in [0.717, 1.165) is 19.7 Å². The van der Waals surface area contributed by atoms with Crippen molar-refractivity contribution < 1.29 is 18.0 Å². The molecule has 0 aliphatic carbocycles. The lowest BCUT2D eigenvalue weighted by molar-refractivity contribution is -0.140. The number of nitrogens with one attached hydrogen (secondary N) is 1. The lowest BCUT2D eigenvalue weighted by Gasteiger charge is -2.34. The third-order valence-corrected chi connectivity index (χ3v) is 7.70. The minimum Gasteiger partial charge on any atom is -0.355 e. The maximum absolute atomic E-state index is 14.0. The molecule has 0 aliphatic heterocycles. The molecule has 0 saturated carbocycles. The number of amides is 2. The Morgan fingerprint density at radius 2 is 1.32 bits per heavy atom. The third kappa shape index (κ3) is 7.41. The largest absolute Gasteiger partial charge is 0.355 e. The van der Waals surface area contributed by atoms with Gasteiger partial charge < -0.3 is 10.2 Å². The quantitative estimate of drug-likeness (QED) is 0.396. The molecule has 3 rings (SSSR count). The van der Waals surface area contributed by atoms with Crippen LogP contribution in [0.4, 0.5) is 5.69 Å². The molecule has 0 spiro atoms. The average Bonchev–Trinajstić information content (AvgIpc) is 2.90. The van der Waals surface area contributed by atoms with Crippen molar-refractivity contribution in [2.75, 3.05) is 31.5 Å². The Morgan fingerprint density at radius 1 is 0.811 bits per heavy atom. The highest BCUT2D eigenvalue weighted by atomic mass is 32.2. The molecule has 3 aromatic rings. The summed E-state index contributed by atoms with van der Waals surface area (Å²) in [6.45, 7) is 1.92. The maximum atomic E-state index is 14.0. The van der Waals surface area contributed by atoms with Gasteiger partial charge in [0.15, 0.2) is 0 Å². The summed E-state index contributed by atoms with van der Waals surface area (Å²) in [5, 5.41) is 2.85. The van der Waals surface area contributed by atoms with Gasteiger partial charge in [0.05, 0.1) is 5.69 Å². The molecular weight excluding hydrogens is 488 g/mol. The van der Waals surface area contributed by atoms with Crippen LogP contribution in [0.3, 0.4) is 0 Å². The molecule has 196 valence electrons. The van der Waals surface area contributed by atoms with Crippen LogP contribution in [0, 0.1) is 0 Å². The normalized spacial score (nSPS) is 12.1.